The smallest absolute Gasteiger partial charge is 0.387 e. The Kier molecular flexibility index (Phi) is 5.50. The van der Waals surface area contributed by atoms with Crippen molar-refractivity contribution in [1.82, 2.24) is 9.88 Å². The average molecular weight is 399 g/mol. The standard InChI is InChI=1S/C21H19F2N3O3/c1-21(8-9-26(2)19(21)28)7-6-13-4-3-5-14(10-13)16-11-15(29-20(22)23)12-17(25-16)18(24)27/h3-5,10-12,20H,8-9H2,1-2H3,(H2,24,27)/t21-/m1/s1. The van der Waals surface area contributed by atoms with E-state index in [0.717, 1.165) is 6.07 Å². The molecule has 2 amide bonds. The van der Waals surface area contributed by atoms with Gasteiger partial charge < -0.3 is 15.4 Å². The Morgan fingerprint density at radius 2 is 2.10 bits per heavy atom. The highest BCUT2D eigenvalue weighted by Crippen LogP contribution is 2.30. The Labute approximate surface area is 166 Å². The third kappa shape index (κ3) is 4.51. The maximum Gasteiger partial charge on any atom is 0.387 e. The van der Waals surface area contributed by atoms with Crippen LogP contribution in [0.15, 0.2) is 36.4 Å². The van der Waals surface area contributed by atoms with Crippen molar-refractivity contribution in [3.8, 4) is 28.8 Å². The highest BCUT2D eigenvalue weighted by atomic mass is 19.3. The van der Waals surface area contributed by atoms with Crippen molar-refractivity contribution in [3.63, 3.8) is 0 Å². The van der Waals surface area contributed by atoms with Crippen LogP contribution in [0.1, 0.15) is 29.4 Å². The van der Waals surface area contributed by atoms with E-state index in [2.05, 4.69) is 21.6 Å². The van der Waals surface area contributed by atoms with Crippen LogP contribution in [0.3, 0.4) is 0 Å². The summed E-state index contributed by atoms with van der Waals surface area (Å²) >= 11 is 0. The van der Waals surface area contributed by atoms with Gasteiger partial charge in [-0.1, -0.05) is 24.0 Å². The first kappa shape index (κ1) is 20.3. The lowest BCUT2D eigenvalue weighted by Gasteiger charge is -2.14. The zero-order valence-electron chi connectivity index (χ0n) is 15.9. The molecule has 1 fully saturated rings. The molecular weight excluding hydrogens is 380 g/mol. The zero-order valence-corrected chi connectivity index (χ0v) is 15.9. The Balaban J connectivity index is 1.96. The number of benzene rings is 1. The fourth-order valence-electron chi connectivity index (χ4n) is 3.05. The maximum absolute atomic E-state index is 12.6. The number of nitrogens with zero attached hydrogens (tertiary/aromatic N) is 2. The molecule has 1 atom stereocenters. The maximum atomic E-state index is 12.6. The van der Waals surface area contributed by atoms with Crippen molar-refractivity contribution >= 4 is 11.8 Å². The number of carbonyl (C=O) groups is 2. The van der Waals surface area contributed by atoms with E-state index < -0.39 is 17.9 Å². The molecule has 3 rings (SSSR count). The van der Waals surface area contributed by atoms with Crippen molar-refractivity contribution in [3.05, 3.63) is 47.7 Å². The Morgan fingerprint density at radius 1 is 1.34 bits per heavy atom. The molecule has 1 aliphatic heterocycles. The van der Waals surface area contributed by atoms with Gasteiger partial charge in [0.05, 0.1) is 5.69 Å². The minimum atomic E-state index is -3.05. The number of amides is 2. The van der Waals surface area contributed by atoms with Gasteiger partial charge >= 0.3 is 6.61 Å². The molecule has 150 valence electrons. The van der Waals surface area contributed by atoms with E-state index in [-0.39, 0.29) is 23.0 Å². The van der Waals surface area contributed by atoms with Crippen molar-refractivity contribution in [2.24, 2.45) is 11.1 Å². The quantitative estimate of drug-likeness (QED) is 0.801. The van der Waals surface area contributed by atoms with Crippen molar-refractivity contribution in [2.75, 3.05) is 13.6 Å². The molecule has 0 radical (unpaired) electrons. The summed E-state index contributed by atoms with van der Waals surface area (Å²) in [7, 11) is 1.74. The number of pyridine rings is 1. The van der Waals surface area contributed by atoms with E-state index in [0.29, 0.717) is 24.1 Å². The van der Waals surface area contributed by atoms with Gasteiger partial charge in [-0.3, -0.25) is 9.59 Å². The van der Waals surface area contributed by atoms with Gasteiger partial charge in [0.2, 0.25) is 5.91 Å². The molecule has 2 N–H and O–H groups in total. The van der Waals surface area contributed by atoms with Gasteiger partial charge in [-0.05, 0) is 25.5 Å². The number of rotatable bonds is 4. The second-order valence-corrected chi connectivity index (χ2v) is 6.96. The number of primary amides is 1. The first-order valence-corrected chi connectivity index (χ1v) is 8.84. The Hall–Kier alpha value is -3.47. The van der Waals surface area contributed by atoms with Crippen molar-refractivity contribution < 1.29 is 23.1 Å². The highest BCUT2D eigenvalue weighted by molar-refractivity contribution is 5.92. The molecule has 6 nitrogen and oxygen atoms in total. The molecule has 29 heavy (non-hydrogen) atoms. The summed E-state index contributed by atoms with van der Waals surface area (Å²) in [6.45, 7) is -0.589. The molecule has 1 aliphatic rings. The number of alkyl halides is 2. The minimum Gasteiger partial charge on any atom is -0.435 e. The molecule has 1 saturated heterocycles. The molecule has 0 unspecified atom stereocenters. The second-order valence-electron chi connectivity index (χ2n) is 6.96. The number of carbonyl (C=O) groups excluding carboxylic acids is 2. The highest BCUT2D eigenvalue weighted by Gasteiger charge is 2.39. The van der Waals surface area contributed by atoms with Crippen LogP contribution in [0.5, 0.6) is 5.75 Å². The van der Waals surface area contributed by atoms with Crippen molar-refractivity contribution in [2.45, 2.75) is 20.0 Å². The minimum absolute atomic E-state index is 0.0224. The molecule has 1 aromatic carbocycles. The predicted molar refractivity (Wildman–Crippen MR) is 102 cm³/mol. The molecule has 0 bridgehead atoms. The summed E-state index contributed by atoms with van der Waals surface area (Å²) in [5.41, 5.74) is 5.71. The lowest BCUT2D eigenvalue weighted by molar-refractivity contribution is -0.131. The summed E-state index contributed by atoms with van der Waals surface area (Å²) in [6, 6.07) is 9.22. The van der Waals surface area contributed by atoms with Crippen molar-refractivity contribution in [1.29, 1.82) is 0 Å². The third-order valence-electron chi connectivity index (χ3n) is 4.68. The number of aromatic nitrogens is 1. The van der Waals surface area contributed by atoms with E-state index in [1.165, 1.54) is 6.07 Å². The first-order chi connectivity index (χ1) is 13.7. The number of ether oxygens (including phenoxy) is 1. The van der Waals surface area contributed by atoms with Gasteiger partial charge in [0.25, 0.3) is 5.91 Å². The fraction of sp³-hybridized carbons (Fsp3) is 0.286. The van der Waals surface area contributed by atoms with Crippen LogP contribution in [-0.2, 0) is 4.79 Å². The lowest BCUT2D eigenvalue weighted by Crippen LogP contribution is -2.28. The first-order valence-electron chi connectivity index (χ1n) is 8.84. The number of halogens is 2. The van der Waals surface area contributed by atoms with Crippen LogP contribution < -0.4 is 10.5 Å². The monoisotopic (exact) mass is 399 g/mol. The van der Waals surface area contributed by atoms with Gasteiger partial charge in [0, 0.05) is 36.9 Å². The van der Waals surface area contributed by atoms with E-state index in [1.807, 2.05) is 6.92 Å². The zero-order chi connectivity index (χ0) is 21.2. The molecule has 0 aliphatic carbocycles. The predicted octanol–water partition coefficient (Wildman–Crippen LogP) is 2.67. The van der Waals surface area contributed by atoms with Gasteiger partial charge in [0.15, 0.2) is 0 Å². The van der Waals surface area contributed by atoms with Crippen LogP contribution in [0.4, 0.5) is 8.78 Å². The molecular formula is C21H19F2N3O3. The summed E-state index contributed by atoms with van der Waals surface area (Å²) in [5.74, 6) is 4.94. The SMILES string of the molecule is CN1CC[C@@](C)(C#Cc2cccc(-c3cc(OC(F)F)cc(C(N)=O)n3)c2)C1=O. The molecule has 0 spiro atoms. The van der Waals surface area contributed by atoms with Gasteiger partial charge in [-0.25, -0.2) is 4.98 Å². The number of nitrogens with two attached hydrogens (primary N) is 1. The van der Waals surface area contributed by atoms with Crippen LogP contribution in [0, 0.1) is 17.3 Å². The molecule has 1 aromatic heterocycles. The van der Waals surface area contributed by atoms with E-state index in [9.17, 15) is 18.4 Å². The molecule has 2 heterocycles. The second kappa shape index (κ2) is 7.87. The van der Waals surface area contributed by atoms with Gasteiger partial charge in [0.1, 0.15) is 16.9 Å². The number of likely N-dealkylation sites (tertiary alicyclic amines) is 1. The van der Waals surface area contributed by atoms with Crippen LogP contribution in [0.2, 0.25) is 0 Å². The lowest BCUT2D eigenvalue weighted by atomic mass is 9.89. The molecule has 8 heteroatoms. The third-order valence-corrected chi connectivity index (χ3v) is 4.68. The summed E-state index contributed by atoms with van der Waals surface area (Å²) in [4.78, 5) is 29.5. The van der Waals surface area contributed by atoms with E-state index in [4.69, 9.17) is 5.73 Å². The Morgan fingerprint density at radius 3 is 2.72 bits per heavy atom. The van der Waals surface area contributed by atoms with Crippen LogP contribution in [-0.4, -0.2) is 41.9 Å². The normalized spacial score (nSPS) is 18.5. The topological polar surface area (TPSA) is 85.5 Å². The summed E-state index contributed by atoms with van der Waals surface area (Å²) in [5, 5.41) is 0. The van der Waals surface area contributed by atoms with Crippen LogP contribution in [0.25, 0.3) is 11.3 Å². The van der Waals surface area contributed by atoms with E-state index >= 15 is 0 Å². The fourth-order valence-corrected chi connectivity index (χ4v) is 3.05. The average Bonchev–Trinajstić information content (AvgIpc) is 2.94. The Bertz CT molecular complexity index is 1030. The number of hydrogen-bond donors (Lipinski definition) is 1. The summed E-state index contributed by atoms with van der Waals surface area (Å²) < 4.78 is 29.6. The van der Waals surface area contributed by atoms with E-state index in [1.54, 1.807) is 36.2 Å². The van der Waals surface area contributed by atoms with Gasteiger partial charge in [-0.15, -0.1) is 0 Å². The summed E-state index contributed by atoms with van der Waals surface area (Å²) in [6.07, 6.45) is 0.644. The molecule has 0 saturated carbocycles. The largest absolute Gasteiger partial charge is 0.435 e. The number of hydrogen-bond acceptors (Lipinski definition) is 4. The van der Waals surface area contributed by atoms with Crippen LogP contribution >= 0.6 is 0 Å². The molecule has 2 aromatic rings. The van der Waals surface area contributed by atoms with Gasteiger partial charge in [-0.2, -0.15) is 8.78 Å².